The predicted molar refractivity (Wildman–Crippen MR) is 83.3 cm³/mol. The third-order valence-electron chi connectivity index (χ3n) is 3.24. The van der Waals surface area contributed by atoms with Gasteiger partial charge in [0.25, 0.3) is 0 Å². The van der Waals surface area contributed by atoms with Crippen molar-refractivity contribution in [3.63, 3.8) is 0 Å². The molecule has 0 aliphatic rings. The Morgan fingerprint density at radius 2 is 2.05 bits per heavy atom. The molecule has 0 saturated heterocycles. The topological polar surface area (TPSA) is 59.4 Å². The van der Waals surface area contributed by atoms with E-state index in [1.165, 1.54) is 4.88 Å². The Bertz CT molecular complexity index is 839. The summed E-state index contributed by atoms with van der Waals surface area (Å²) in [5.41, 5.74) is 1.57. The van der Waals surface area contributed by atoms with Crippen LogP contribution in [0.3, 0.4) is 0 Å². The summed E-state index contributed by atoms with van der Waals surface area (Å²) in [4.78, 5) is 18.2. The third-order valence-corrected chi connectivity index (χ3v) is 4.26. The van der Waals surface area contributed by atoms with Crippen molar-refractivity contribution in [2.75, 3.05) is 7.11 Å². The van der Waals surface area contributed by atoms with Crippen molar-refractivity contribution in [2.24, 2.45) is 0 Å². The molecular formula is C16H13NO3S. The maximum Gasteiger partial charge on any atom is 0.336 e. The molecule has 3 aromatic rings. The lowest BCUT2D eigenvalue weighted by atomic mass is 10.1. The first kappa shape index (κ1) is 13.6. The van der Waals surface area contributed by atoms with E-state index in [1.54, 1.807) is 42.7 Å². The standard InChI is InChI=1S/C16H13NO3S/c1-9-3-6-15(21-9)14-8-12(16(18)19)11-7-10(20-2)4-5-13(11)17-14/h3-8H,1-2H3,(H,18,19). The highest BCUT2D eigenvalue weighted by atomic mass is 32.1. The molecule has 0 amide bonds. The molecule has 2 aromatic heterocycles. The van der Waals surface area contributed by atoms with Crippen LogP contribution >= 0.6 is 11.3 Å². The molecule has 0 atom stereocenters. The highest BCUT2D eigenvalue weighted by Gasteiger charge is 2.14. The van der Waals surface area contributed by atoms with Crippen LogP contribution in [-0.4, -0.2) is 23.2 Å². The van der Waals surface area contributed by atoms with Gasteiger partial charge < -0.3 is 9.84 Å². The molecule has 4 nitrogen and oxygen atoms in total. The largest absolute Gasteiger partial charge is 0.497 e. The number of aromatic carboxylic acids is 1. The van der Waals surface area contributed by atoms with E-state index in [4.69, 9.17) is 4.74 Å². The smallest absolute Gasteiger partial charge is 0.336 e. The van der Waals surface area contributed by atoms with Crippen molar-refractivity contribution in [1.29, 1.82) is 0 Å². The van der Waals surface area contributed by atoms with Crippen molar-refractivity contribution >= 4 is 28.2 Å². The molecule has 1 N–H and O–H groups in total. The Hall–Kier alpha value is -2.40. The Kier molecular flexibility index (Phi) is 3.35. The number of carbonyl (C=O) groups is 1. The molecule has 3 rings (SSSR count). The van der Waals surface area contributed by atoms with Gasteiger partial charge in [0.1, 0.15) is 5.75 Å². The van der Waals surface area contributed by atoms with Crippen molar-refractivity contribution in [3.05, 3.63) is 46.8 Å². The monoisotopic (exact) mass is 299 g/mol. The Morgan fingerprint density at radius 1 is 1.24 bits per heavy atom. The minimum Gasteiger partial charge on any atom is -0.497 e. The van der Waals surface area contributed by atoms with E-state index >= 15 is 0 Å². The number of ether oxygens (including phenoxy) is 1. The highest BCUT2D eigenvalue weighted by Crippen LogP contribution is 2.31. The molecule has 0 bridgehead atoms. The fraction of sp³-hybridized carbons (Fsp3) is 0.125. The summed E-state index contributed by atoms with van der Waals surface area (Å²) >= 11 is 1.60. The van der Waals surface area contributed by atoms with Gasteiger partial charge in [-0.05, 0) is 43.3 Å². The summed E-state index contributed by atoms with van der Waals surface area (Å²) in [6, 6.07) is 10.9. The highest BCUT2D eigenvalue weighted by molar-refractivity contribution is 7.15. The average molecular weight is 299 g/mol. The molecule has 0 fully saturated rings. The van der Waals surface area contributed by atoms with Crippen LogP contribution in [-0.2, 0) is 0 Å². The summed E-state index contributed by atoms with van der Waals surface area (Å²) < 4.78 is 5.16. The number of hydrogen-bond acceptors (Lipinski definition) is 4. The molecule has 0 saturated carbocycles. The Labute approximate surface area is 125 Å². The molecule has 2 heterocycles. The van der Waals surface area contributed by atoms with Gasteiger partial charge in [0.05, 0.1) is 28.8 Å². The van der Waals surface area contributed by atoms with E-state index < -0.39 is 5.97 Å². The number of hydrogen-bond donors (Lipinski definition) is 1. The lowest BCUT2D eigenvalue weighted by Gasteiger charge is -2.07. The minimum absolute atomic E-state index is 0.236. The lowest BCUT2D eigenvalue weighted by Crippen LogP contribution is -2.00. The normalized spacial score (nSPS) is 10.8. The molecule has 0 radical (unpaired) electrons. The number of carboxylic acids is 1. The van der Waals surface area contributed by atoms with Gasteiger partial charge in [-0.15, -0.1) is 11.3 Å². The predicted octanol–water partition coefficient (Wildman–Crippen LogP) is 3.98. The number of fused-ring (bicyclic) bond motifs is 1. The fourth-order valence-electron chi connectivity index (χ4n) is 2.21. The maximum absolute atomic E-state index is 11.5. The van der Waals surface area contributed by atoms with Crippen LogP contribution in [0.1, 0.15) is 15.2 Å². The zero-order valence-electron chi connectivity index (χ0n) is 11.6. The van der Waals surface area contributed by atoms with Crippen LogP contribution in [0.15, 0.2) is 36.4 Å². The molecule has 106 valence electrons. The van der Waals surface area contributed by atoms with E-state index in [-0.39, 0.29) is 5.56 Å². The van der Waals surface area contributed by atoms with E-state index in [2.05, 4.69) is 4.98 Å². The van der Waals surface area contributed by atoms with Gasteiger partial charge in [0.2, 0.25) is 0 Å². The number of benzene rings is 1. The van der Waals surface area contributed by atoms with Crippen LogP contribution < -0.4 is 4.74 Å². The van der Waals surface area contributed by atoms with E-state index in [1.807, 2.05) is 19.1 Å². The second-order valence-electron chi connectivity index (χ2n) is 4.65. The third kappa shape index (κ3) is 2.48. The molecule has 0 spiro atoms. The first-order chi connectivity index (χ1) is 10.1. The minimum atomic E-state index is -0.967. The zero-order chi connectivity index (χ0) is 15.0. The summed E-state index contributed by atoms with van der Waals surface area (Å²) in [5.74, 6) is -0.350. The molecule has 0 aliphatic heterocycles. The van der Waals surface area contributed by atoms with Crippen LogP contribution in [0.2, 0.25) is 0 Å². The number of carboxylic acid groups (broad SMARTS) is 1. The van der Waals surface area contributed by atoms with Crippen molar-refractivity contribution in [2.45, 2.75) is 6.92 Å². The molecular weight excluding hydrogens is 286 g/mol. The second-order valence-corrected chi connectivity index (χ2v) is 5.94. The number of aryl methyl sites for hydroxylation is 1. The molecule has 0 aliphatic carbocycles. The Morgan fingerprint density at radius 3 is 2.67 bits per heavy atom. The summed E-state index contributed by atoms with van der Waals surface area (Å²) in [6.45, 7) is 2.01. The van der Waals surface area contributed by atoms with Gasteiger partial charge in [-0.25, -0.2) is 9.78 Å². The molecule has 5 heteroatoms. The van der Waals surface area contributed by atoms with Crippen molar-refractivity contribution in [3.8, 4) is 16.3 Å². The number of thiophene rings is 1. The number of nitrogens with zero attached hydrogens (tertiary/aromatic N) is 1. The van der Waals surface area contributed by atoms with E-state index in [0.717, 1.165) is 4.88 Å². The summed E-state index contributed by atoms with van der Waals surface area (Å²) in [7, 11) is 1.55. The SMILES string of the molecule is COc1ccc2nc(-c3ccc(C)s3)cc(C(=O)O)c2c1. The summed E-state index contributed by atoms with van der Waals surface area (Å²) in [5, 5.41) is 10.0. The first-order valence-corrected chi connectivity index (χ1v) is 7.19. The molecule has 1 aromatic carbocycles. The van der Waals surface area contributed by atoms with Crippen molar-refractivity contribution < 1.29 is 14.6 Å². The van der Waals surface area contributed by atoms with Crippen LogP contribution in [0.5, 0.6) is 5.75 Å². The van der Waals surface area contributed by atoms with Crippen LogP contribution in [0.25, 0.3) is 21.5 Å². The van der Waals surface area contributed by atoms with Crippen LogP contribution in [0.4, 0.5) is 0 Å². The van der Waals surface area contributed by atoms with Gasteiger partial charge in [-0.2, -0.15) is 0 Å². The molecule has 0 unspecified atom stereocenters. The average Bonchev–Trinajstić information content (AvgIpc) is 2.92. The lowest BCUT2D eigenvalue weighted by molar-refractivity contribution is 0.0699. The first-order valence-electron chi connectivity index (χ1n) is 6.37. The molecule has 21 heavy (non-hydrogen) atoms. The number of aromatic nitrogens is 1. The second kappa shape index (κ2) is 5.18. The van der Waals surface area contributed by atoms with Gasteiger partial charge >= 0.3 is 5.97 Å². The zero-order valence-corrected chi connectivity index (χ0v) is 12.4. The Balaban J connectivity index is 2.28. The van der Waals surface area contributed by atoms with Gasteiger partial charge in [0, 0.05) is 10.3 Å². The summed E-state index contributed by atoms with van der Waals surface area (Å²) in [6.07, 6.45) is 0. The maximum atomic E-state index is 11.5. The number of rotatable bonds is 3. The van der Waals surface area contributed by atoms with E-state index in [0.29, 0.717) is 22.3 Å². The van der Waals surface area contributed by atoms with Gasteiger partial charge in [-0.1, -0.05) is 0 Å². The van der Waals surface area contributed by atoms with Crippen molar-refractivity contribution in [1.82, 2.24) is 4.98 Å². The number of pyridine rings is 1. The van der Waals surface area contributed by atoms with E-state index in [9.17, 15) is 9.90 Å². The number of methoxy groups -OCH3 is 1. The van der Waals surface area contributed by atoms with Gasteiger partial charge in [-0.3, -0.25) is 0 Å². The quantitative estimate of drug-likeness (QED) is 0.794. The fourth-order valence-corrected chi connectivity index (χ4v) is 3.04. The van der Waals surface area contributed by atoms with Gasteiger partial charge in [0.15, 0.2) is 0 Å². The van der Waals surface area contributed by atoms with Crippen LogP contribution in [0, 0.1) is 6.92 Å².